The average molecular weight is 320 g/mol. The van der Waals surface area contributed by atoms with Crippen molar-refractivity contribution in [2.75, 3.05) is 13.7 Å². The zero-order valence-corrected chi connectivity index (χ0v) is 12.0. The smallest absolute Gasteiger partial charge is 0.337 e. The van der Waals surface area contributed by atoms with E-state index in [9.17, 15) is 18.0 Å². The van der Waals surface area contributed by atoms with Gasteiger partial charge in [-0.2, -0.15) is 0 Å². The predicted octanol–water partition coefficient (Wildman–Crippen LogP) is 3.71. The van der Waals surface area contributed by atoms with Crippen LogP contribution < -0.4 is 4.74 Å². The number of carbonyl (C=O) groups is 1. The minimum atomic E-state index is -1.52. The van der Waals surface area contributed by atoms with Crippen LogP contribution in [0.2, 0.25) is 0 Å². The summed E-state index contributed by atoms with van der Waals surface area (Å²) in [4.78, 5) is 11.6. The van der Waals surface area contributed by atoms with Crippen molar-refractivity contribution in [3.8, 4) is 5.75 Å². The van der Waals surface area contributed by atoms with Crippen LogP contribution in [0, 0.1) is 17.5 Å². The number of fused-ring (bicyclic) bond motifs is 1. The number of hydrogen-bond acceptors (Lipinski definition) is 3. The molecule has 1 aliphatic heterocycles. The van der Waals surface area contributed by atoms with Crippen LogP contribution in [0.5, 0.6) is 5.75 Å². The Morgan fingerprint density at radius 2 is 1.83 bits per heavy atom. The molecule has 0 radical (unpaired) electrons. The standard InChI is InChI=1S/C17H11F3O3/c1-22-17(21)9-2-3-15-12(6-9)11(4-5-23-15)10-7-13(18)16(20)14(19)8-10/h2-4,6-8H,5H2,1H3. The summed E-state index contributed by atoms with van der Waals surface area (Å²) in [5, 5.41) is 0. The predicted molar refractivity (Wildman–Crippen MR) is 76.7 cm³/mol. The molecule has 1 aliphatic rings. The molecule has 2 aromatic rings. The van der Waals surface area contributed by atoms with E-state index < -0.39 is 23.4 Å². The fraction of sp³-hybridized carbons (Fsp3) is 0.118. The summed E-state index contributed by atoms with van der Waals surface area (Å²) >= 11 is 0. The first-order chi connectivity index (χ1) is 11.0. The highest BCUT2D eigenvalue weighted by molar-refractivity contribution is 5.93. The third-order valence-corrected chi connectivity index (χ3v) is 3.51. The van der Waals surface area contributed by atoms with Crippen LogP contribution in [-0.2, 0) is 4.74 Å². The third-order valence-electron chi connectivity index (χ3n) is 3.51. The van der Waals surface area contributed by atoms with Crippen LogP contribution in [-0.4, -0.2) is 19.7 Å². The van der Waals surface area contributed by atoms with Crippen LogP contribution in [0.1, 0.15) is 21.5 Å². The lowest BCUT2D eigenvalue weighted by Crippen LogP contribution is -2.09. The van der Waals surface area contributed by atoms with Gasteiger partial charge in [0.05, 0.1) is 12.7 Å². The second-order valence-electron chi connectivity index (χ2n) is 4.89. The van der Waals surface area contributed by atoms with Crippen molar-refractivity contribution in [2.45, 2.75) is 0 Å². The highest BCUT2D eigenvalue weighted by atomic mass is 19.2. The molecule has 0 unspecified atom stereocenters. The number of carbonyl (C=O) groups excluding carboxylic acids is 1. The van der Waals surface area contributed by atoms with Crippen molar-refractivity contribution in [3.63, 3.8) is 0 Å². The Labute approximate surface area is 130 Å². The first-order valence-corrected chi connectivity index (χ1v) is 6.72. The van der Waals surface area contributed by atoms with Crippen LogP contribution in [0.25, 0.3) is 5.57 Å². The molecule has 6 heteroatoms. The topological polar surface area (TPSA) is 35.5 Å². The van der Waals surface area contributed by atoms with Crippen molar-refractivity contribution in [1.29, 1.82) is 0 Å². The van der Waals surface area contributed by atoms with Crippen LogP contribution in [0.15, 0.2) is 36.4 Å². The van der Waals surface area contributed by atoms with E-state index in [4.69, 9.17) is 4.74 Å². The molecule has 0 amide bonds. The zero-order valence-electron chi connectivity index (χ0n) is 12.0. The molecular weight excluding hydrogens is 309 g/mol. The van der Waals surface area contributed by atoms with Crippen molar-refractivity contribution in [3.05, 3.63) is 70.5 Å². The molecule has 0 N–H and O–H groups in total. The summed E-state index contributed by atoms with van der Waals surface area (Å²) in [5.41, 5.74) is 1.36. The van der Waals surface area contributed by atoms with E-state index in [1.807, 2.05) is 0 Å². The van der Waals surface area contributed by atoms with Gasteiger partial charge in [0.15, 0.2) is 17.5 Å². The Morgan fingerprint density at radius 3 is 2.48 bits per heavy atom. The Hall–Kier alpha value is -2.76. The van der Waals surface area contributed by atoms with Gasteiger partial charge in [-0.1, -0.05) is 0 Å². The van der Waals surface area contributed by atoms with Gasteiger partial charge in [0.2, 0.25) is 0 Å². The Kier molecular flexibility index (Phi) is 3.82. The molecule has 0 spiro atoms. The molecule has 0 aliphatic carbocycles. The van der Waals surface area contributed by atoms with Gasteiger partial charge in [0.1, 0.15) is 12.4 Å². The van der Waals surface area contributed by atoms with Gasteiger partial charge in [-0.25, -0.2) is 18.0 Å². The van der Waals surface area contributed by atoms with Gasteiger partial charge < -0.3 is 9.47 Å². The maximum absolute atomic E-state index is 13.5. The molecule has 0 saturated heterocycles. The number of esters is 1. The van der Waals surface area contributed by atoms with Gasteiger partial charge in [-0.15, -0.1) is 0 Å². The lowest BCUT2D eigenvalue weighted by Gasteiger charge is -2.20. The molecule has 0 aromatic heterocycles. The van der Waals surface area contributed by atoms with Gasteiger partial charge in [-0.3, -0.25) is 0 Å². The number of ether oxygens (including phenoxy) is 2. The van der Waals surface area contributed by atoms with Crippen molar-refractivity contribution in [1.82, 2.24) is 0 Å². The molecule has 118 valence electrons. The molecule has 0 bridgehead atoms. The molecule has 2 aromatic carbocycles. The Morgan fingerprint density at radius 1 is 1.13 bits per heavy atom. The van der Waals surface area contributed by atoms with E-state index in [1.165, 1.54) is 19.2 Å². The molecular formula is C17H11F3O3. The summed E-state index contributed by atoms with van der Waals surface area (Å²) in [7, 11) is 1.25. The number of halogens is 3. The molecule has 3 nitrogen and oxygen atoms in total. The van der Waals surface area contributed by atoms with E-state index in [2.05, 4.69) is 4.74 Å². The van der Waals surface area contributed by atoms with E-state index in [0.29, 0.717) is 16.9 Å². The first-order valence-electron chi connectivity index (χ1n) is 6.72. The fourth-order valence-corrected chi connectivity index (χ4v) is 2.42. The van der Waals surface area contributed by atoms with Crippen molar-refractivity contribution >= 4 is 11.5 Å². The molecule has 0 fully saturated rings. The summed E-state index contributed by atoms with van der Waals surface area (Å²) in [5.74, 6) is -4.17. The quantitative estimate of drug-likeness (QED) is 0.625. The van der Waals surface area contributed by atoms with E-state index >= 15 is 0 Å². The number of benzene rings is 2. The zero-order chi connectivity index (χ0) is 16.6. The summed E-state index contributed by atoms with van der Waals surface area (Å²) in [6, 6.07) is 6.42. The van der Waals surface area contributed by atoms with Crippen LogP contribution in [0.3, 0.4) is 0 Å². The number of methoxy groups -OCH3 is 1. The van der Waals surface area contributed by atoms with Crippen molar-refractivity contribution < 1.29 is 27.4 Å². The lowest BCUT2D eigenvalue weighted by molar-refractivity contribution is 0.0600. The minimum absolute atomic E-state index is 0.160. The monoisotopic (exact) mass is 320 g/mol. The maximum Gasteiger partial charge on any atom is 0.337 e. The normalized spacial score (nSPS) is 13.0. The molecule has 0 atom stereocenters. The summed E-state index contributed by atoms with van der Waals surface area (Å²) in [6.07, 6.45) is 1.61. The largest absolute Gasteiger partial charge is 0.489 e. The summed E-state index contributed by atoms with van der Waals surface area (Å²) in [6.45, 7) is 0.195. The number of rotatable bonds is 2. The van der Waals surface area contributed by atoms with Crippen molar-refractivity contribution in [2.24, 2.45) is 0 Å². The Balaban J connectivity index is 2.13. The molecule has 3 rings (SSSR count). The third kappa shape index (κ3) is 2.67. The van der Waals surface area contributed by atoms with Gasteiger partial charge in [0, 0.05) is 5.56 Å². The van der Waals surface area contributed by atoms with Gasteiger partial charge >= 0.3 is 5.97 Å². The molecule has 23 heavy (non-hydrogen) atoms. The second-order valence-corrected chi connectivity index (χ2v) is 4.89. The van der Waals surface area contributed by atoms with Gasteiger partial charge in [-0.05, 0) is 47.5 Å². The van der Waals surface area contributed by atoms with Crippen LogP contribution in [0.4, 0.5) is 13.2 Å². The average Bonchev–Trinajstić information content (AvgIpc) is 2.57. The Bertz CT molecular complexity index is 805. The van der Waals surface area contributed by atoms with E-state index in [0.717, 1.165) is 12.1 Å². The van der Waals surface area contributed by atoms with E-state index in [1.54, 1.807) is 12.1 Å². The lowest BCUT2D eigenvalue weighted by atomic mass is 9.94. The maximum atomic E-state index is 13.5. The highest BCUT2D eigenvalue weighted by Crippen LogP contribution is 2.35. The molecule has 1 heterocycles. The van der Waals surface area contributed by atoms with E-state index in [-0.39, 0.29) is 17.7 Å². The fourth-order valence-electron chi connectivity index (χ4n) is 2.42. The first kappa shape index (κ1) is 15.1. The second kappa shape index (κ2) is 5.79. The van der Waals surface area contributed by atoms with Gasteiger partial charge in [0.25, 0.3) is 0 Å². The summed E-state index contributed by atoms with van der Waals surface area (Å²) < 4.78 is 50.2. The molecule has 0 saturated carbocycles. The number of hydrogen-bond donors (Lipinski definition) is 0. The minimum Gasteiger partial charge on any atom is -0.489 e. The highest BCUT2D eigenvalue weighted by Gasteiger charge is 2.20. The van der Waals surface area contributed by atoms with Crippen LogP contribution >= 0.6 is 0 Å². The SMILES string of the molecule is COC(=O)c1ccc2c(c1)C(c1cc(F)c(F)c(F)c1)=CCO2.